The minimum atomic E-state index is -0.268. The van der Waals surface area contributed by atoms with Gasteiger partial charge in [0.2, 0.25) is 5.91 Å². The maximum Gasteiger partial charge on any atom is 0.220 e. The molecule has 0 aromatic heterocycles. The highest BCUT2D eigenvalue weighted by molar-refractivity contribution is 5.76. The van der Waals surface area contributed by atoms with Crippen LogP contribution < -0.4 is 5.32 Å². The highest BCUT2D eigenvalue weighted by Gasteiger charge is 2.12. The third kappa shape index (κ3) is 3.91. The van der Waals surface area contributed by atoms with E-state index in [9.17, 15) is 9.18 Å². The molecule has 0 aliphatic heterocycles. The number of carbonyl (C=O) groups excluding carboxylic acids is 1. The molecule has 0 saturated carbocycles. The topological polar surface area (TPSA) is 29.1 Å². The molecule has 1 amide bonds. The van der Waals surface area contributed by atoms with Gasteiger partial charge in [-0.2, -0.15) is 0 Å². The van der Waals surface area contributed by atoms with E-state index in [1.165, 1.54) is 6.07 Å². The molecular weight excluding hydrogens is 265 g/mol. The van der Waals surface area contributed by atoms with Crippen LogP contribution in [-0.4, -0.2) is 5.91 Å². The SMILES string of the molecule is CCCC(=O)NC(C)c1ccc(-c2ccccc2)c(F)c1.[HH]. The predicted octanol–water partition coefficient (Wildman–Crippen LogP) is 4.72. The lowest BCUT2D eigenvalue weighted by Gasteiger charge is -2.15. The summed E-state index contributed by atoms with van der Waals surface area (Å²) in [7, 11) is 0. The number of rotatable bonds is 5. The lowest BCUT2D eigenvalue weighted by molar-refractivity contribution is -0.121. The standard InChI is InChI=1S/C18H20FNO.H2/c1-3-7-18(21)20-13(2)15-10-11-16(17(19)12-15)14-8-5-4-6-9-14;/h4-6,8-13H,3,7H2,1-2H3,(H,20,21);1H. The smallest absolute Gasteiger partial charge is 0.220 e. The lowest BCUT2D eigenvalue weighted by Crippen LogP contribution is -2.26. The Bertz CT molecular complexity index is 616. The zero-order valence-corrected chi connectivity index (χ0v) is 12.4. The Hall–Kier alpha value is -2.16. The van der Waals surface area contributed by atoms with Gasteiger partial charge in [0.15, 0.2) is 0 Å². The Morgan fingerprint density at radius 2 is 1.95 bits per heavy atom. The Morgan fingerprint density at radius 3 is 2.57 bits per heavy atom. The number of carbonyl (C=O) groups is 1. The minimum absolute atomic E-state index is 0. The summed E-state index contributed by atoms with van der Waals surface area (Å²) in [4.78, 5) is 11.6. The van der Waals surface area contributed by atoms with Gasteiger partial charge in [-0.3, -0.25) is 4.79 Å². The molecule has 112 valence electrons. The van der Waals surface area contributed by atoms with Crippen LogP contribution in [0.5, 0.6) is 0 Å². The molecule has 1 atom stereocenters. The zero-order chi connectivity index (χ0) is 15.2. The molecule has 0 saturated heterocycles. The number of nitrogens with one attached hydrogen (secondary N) is 1. The summed E-state index contributed by atoms with van der Waals surface area (Å²) < 4.78 is 14.3. The van der Waals surface area contributed by atoms with Crippen LogP contribution in [-0.2, 0) is 4.79 Å². The van der Waals surface area contributed by atoms with E-state index in [0.29, 0.717) is 12.0 Å². The van der Waals surface area contributed by atoms with Crippen molar-refractivity contribution in [2.24, 2.45) is 0 Å². The van der Waals surface area contributed by atoms with E-state index in [1.807, 2.05) is 50.2 Å². The number of amides is 1. The van der Waals surface area contributed by atoms with Crippen LogP contribution in [0.2, 0.25) is 0 Å². The van der Waals surface area contributed by atoms with E-state index in [4.69, 9.17) is 0 Å². The molecule has 2 aromatic carbocycles. The fourth-order valence-electron chi connectivity index (χ4n) is 2.28. The van der Waals surface area contributed by atoms with Crippen LogP contribution in [0.3, 0.4) is 0 Å². The Labute approximate surface area is 126 Å². The predicted molar refractivity (Wildman–Crippen MR) is 85.4 cm³/mol. The number of halogens is 1. The minimum Gasteiger partial charge on any atom is -0.350 e. The van der Waals surface area contributed by atoms with E-state index in [0.717, 1.165) is 17.5 Å². The van der Waals surface area contributed by atoms with Gasteiger partial charge in [0.1, 0.15) is 5.82 Å². The lowest BCUT2D eigenvalue weighted by atomic mass is 10.0. The van der Waals surface area contributed by atoms with Crippen molar-refractivity contribution in [3.8, 4) is 11.1 Å². The molecule has 0 aliphatic carbocycles. The molecule has 1 unspecified atom stereocenters. The summed E-state index contributed by atoms with van der Waals surface area (Å²) in [5, 5.41) is 2.88. The molecule has 2 aromatic rings. The zero-order valence-electron chi connectivity index (χ0n) is 12.4. The summed E-state index contributed by atoms with van der Waals surface area (Å²) in [6, 6.07) is 14.4. The second kappa shape index (κ2) is 7.02. The highest BCUT2D eigenvalue weighted by atomic mass is 19.1. The van der Waals surface area contributed by atoms with Crippen LogP contribution in [0, 0.1) is 5.82 Å². The largest absolute Gasteiger partial charge is 0.350 e. The first kappa shape index (κ1) is 15.2. The molecule has 0 bridgehead atoms. The number of hydrogen-bond donors (Lipinski definition) is 1. The molecule has 21 heavy (non-hydrogen) atoms. The van der Waals surface area contributed by atoms with Crippen molar-refractivity contribution < 1.29 is 10.6 Å². The quantitative estimate of drug-likeness (QED) is 0.847. The second-order valence-corrected chi connectivity index (χ2v) is 5.14. The summed E-state index contributed by atoms with van der Waals surface area (Å²) in [6.07, 6.45) is 1.30. The molecule has 0 fully saturated rings. The summed E-state index contributed by atoms with van der Waals surface area (Å²) in [5.74, 6) is -0.271. The van der Waals surface area contributed by atoms with Crippen LogP contribution in [0.25, 0.3) is 11.1 Å². The van der Waals surface area contributed by atoms with Crippen molar-refractivity contribution in [1.82, 2.24) is 5.32 Å². The first-order chi connectivity index (χ1) is 10.1. The normalized spacial score (nSPS) is 12.0. The second-order valence-electron chi connectivity index (χ2n) is 5.14. The third-order valence-electron chi connectivity index (χ3n) is 3.43. The van der Waals surface area contributed by atoms with Crippen molar-refractivity contribution in [2.45, 2.75) is 32.7 Å². The maximum atomic E-state index is 14.3. The molecule has 3 heteroatoms. The fraction of sp³-hybridized carbons (Fsp3) is 0.278. The molecule has 1 N–H and O–H groups in total. The van der Waals surface area contributed by atoms with Gasteiger partial charge in [-0.1, -0.05) is 49.4 Å². The van der Waals surface area contributed by atoms with Crippen molar-refractivity contribution in [3.05, 3.63) is 59.9 Å². The summed E-state index contributed by atoms with van der Waals surface area (Å²) in [6.45, 7) is 3.82. The van der Waals surface area contributed by atoms with Gasteiger partial charge in [0.05, 0.1) is 6.04 Å². The number of hydrogen-bond acceptors (Lipinski definition) is 1. The van der Waals surface area contributed by atoms with E-state index in [1.54, 1.807) is 6.07 Å². The van der Waals surface area contributed by atoms with E-state index < -0.39 is 0 Å². The van der Waals surface area contributed by atoms with Crippen molar-refractivity contribution >= 4 is 5.91 Å². The van der Waals surface area contributed by atoms with E-state index in [-0.39, 0.29) is 19.2 Å². The van der Waals surface area contributed by atoms with E-state index in [2.05, 4.69) is 5.32 Å². The van der Waals surface area contributed by atoms with Gasteiger partial charge < -0.3 is 5.32 Å². The van der Waals surface area contributed by atoms with Crippen molar-refractivity contribution in [1.29, 1.82) is 0 Å². The van der Waals surface area contributed by atoms with Crippen molar-refractivity contribution in [2.75, 3.05) is 0 Å². The summed E-state index contributed by atoms with van der Waals surface area (Å²) >= 11 is 0. The molecule has 2 rings (SSSR count). The van der Waals surface area contributed by atoms with Gasteiger partial charge in [-0.25, -0.2) is 4.39 Å². The van der Waals surface area contributed by atoms with Gasteiger partial charge in [0.25, 0.3) is 0 Å². The Balaban J connectivity index is 0.00000242. The van der Waals surface area contributed by atoms with Crippen LogP contribution in [0.1, 0.15) is 39.7 Å². The Morgan fingerprint density at radius 1 is 1.24 bits per heavy atom. The average Bonchev–Trinajstić information content (AvgIpc) is 2.48. The molecule has 0 radical (unpaired) electrons. The highest BCUT2D eigenvalue weighted by Crippen LogP contribution is 2.25. The van der Waals surface area contributed by atoms with Gasteiger partial charge in [0, 0.05) is 13.4 Å². The average molecular weight is 287 g/mol. The van der Waals surface area contributed by atoms with Crippen LogP contribution in [0.15, 0.2) is 48.5 Å². The molecular formula is C18H22FNO. The maximum absolute atomic E-state index is 14.3. The third-order valence-corrected chi connectivity index (χ3v) is 3.43. The fourth-order valence-corrected chi connectivity index (χ4v) is 2.28. The molecule has 0 spiro atoms. The summed E-state index contributed by atoms with van der Waals surface area (Å²) in [5.41, 5.74) is 2.20. The van der Waals surface area contributed by atoms with Crippen LogP contribution >= 0.6 is 0 Å². The molecule has 2 nitrogen and oxygen atoms in total. The number of benzene rings is 2. The van der Waals surface area contributed by atoms with Gasteiger partial charge >= 0.3 is 0 Å². The van der Waals surface area contributed by atoms with E-state index >= 15 is 0 Å². The first-order valence-electron chi connectivity index (χ1n) is 7.26. The molecule has 0 heterocycles. The Kier molecular flexibility index (Phi) is 5.09. The first-order valence-corrected chi connectivity index (χ1v) is 7.26. The molecule has 0 aliphatic rings. The van der Waals surface area contributed by atoms with Crippen molar-refractivity contribution in [3.63, 3.8) is 0 Å². The van der Waals surface area contributed by atoms with Crippen LogP contribution in [0.4, 0.5) is 4.39 Å². The van der Waals surface area contributed by atoms with Gasteiger partial charge in [-0.15, -0.1) is 0 Å². The van der Waals surface area contributed by atoms with Gasteiger partial charge in [-0.05, 0) is 30.5 Å². The monoisotopic (exact) mass is 287 g/mol.